The van der Waals surface area contributed by atoms with Gasteiger partial charge < -0.3 is 0 Å². The molecule has 2 atom stereocenters. The van der Waals surface area contributed by atoms with E-state index in [1.807, 2.05) is 13.0 Å². The molecular weight excluding hydrogens is 321 g/mol. The van der Waals surface area contributed by atoms with Crippen molar-refractivity contribution in [1.82, 2.24) is 0 Å². The number of amides is 1. The summed E-state index contributed by atoms with van der Waals surface area (Å²) < 4.78 is 36.3. The molecule has 0 aromatic carbocycles. The third kappa shape index (κ3) is 2.99. The van der Waals surface area contributed by atoms with Crippen LogP contribution in [0, 0.1) is 11.3 Å². The molecule has 0 fully saturated rings. The molecule has 1 aliphatic heterocycles. The number of alkyl halides is 3. The van der Waals surface area contributed by atoms with Crippen LogP contribution in [0.5, 0.6) is 0 Å². The molecule has 0 N–H and O–H groups in total. The van der Waals surface area contributed by atoms with Crippen LogP contribution in [0.1, 0.15) is 35.9 Å². The van der Waals surface area contributed by atoms with Crippen LogP contribution in [0.3, 0.4) is 0 Å². The SMILES string of the molecule is C[C@H](CC1=NC(=O)C(C)(C(F)(F)F)S1)c1ccc(C#N)s1. The van der Waals surface area contributed by atoms with Gasteiger partial charge in [-0.05, 0) is 25.0 Å². The number of thioether (sulfide) groups is 1. The fraction of sp³-hybridized carbons (Fsp3) is 0.462. The molecule has 0 saturated heterocycles. The molecule has 2 rings (SSSR count). The van der Waals surface area contributed by atoms with Crippen LogP contribution < -0.4 is 0 Å². The summed E-state index contributed by atoms with van der Waals surface area (Å²) in [6.07, 6.45) is -4.37. The maximum absolute atomic E-state index is 12.9. The van der Waals surface area contributed by atoms with E-state index in [9.17, 15) is 18.0 Å². The smallest absolute Gasteiger partial charge is 0.271 e. The second-order valence-corrected chi connectivity index (χ2v) is 7.47. The molecule has 1 aliphatic rings. The number of thiophene rings is 1. The molecule has 0 bridgehead atoms. The van der Waals surface area contributed by atoms with Crippen molar-refractivity contribution in [3.63, 3.8) is 0 Å². The molecule has 8 heteroatoms. The molecule has 0 saturated carbocycles. The van der Waals surface area contributed by atoms with E-state index in [-0.39, 0.29) is 17.4 Å². The van der Waals surface area contributed by atoms with Gasteiger partial charge in [0.05, 0.1) is 5.04 Å². The summed E-state index contributed by atoms with van der Waals surface area (Å²) in [4.78, 5) is 16.6. The number of hydrogen-bond donors (Lipinski definition) is 0. The lowest BCUT2D eigenvalue weighted by atomic mass is 10.1. The van der Waals surface area contributed by atoms with E-state index in [0.717, 1.165) is 11.8 Å². The van der Waals surface area contributed by atoms with Gasteiger partial charge in [0.25, 0.3) is 5.91 Å². The van der Waals surface area contributed by atoms with E-state index < -0.39 is 16.8 Å². The number of nitriles is 1. The van der Waals surface area contributed by atoms with Gasteiger partial charge in [0.1, 0.15) is 10.9 Å². The highest BCUT2D eigenvalue weighted by atomic mass is 32.2. The molecule has 2 heterocycles. The number of carbonyl (C=O) groups is 1. The fourth-order valence-corrected chi connectivity index (χ4v) is 3.87. The quantitative estimate of drug-likeness (QED) is 0.837. The molecule has 3 nitrogen and oxygen atoms in total. The number of carbonyl (C=O) groups excluding carboxylic acids is 1. The Hall–Kier alpha value is -1.33. The molecule has 112 valence electrons. The summed E-state index contributed by atoms with van der Waals surface area (Å²) in [5.74, 6) is -1.24. The highest BCUT2D eigenvalue weighted by Crippen LogP contribution is 2.47. The zero-order valence-electron chi connectivity index (χ0n) is 11.2. The average molecular weight is 332 g/mol. The summed E-state index contributed by atoms with van der Waals surface area (Å²) in [6.45, 7) is 2.70. The molecule has 1 aromatic rings. The van der Waals surface area contributed by atoms with E-state index in [1.165, 1.54) is 11.3 Å². The Balaban J connectivity index is 2.10. The first-order valence-corrected chi connectivity index (χ1v) is 7.68. The van der Waals surface area contributed by atoms with Gasteiger partial charge in [-0.3, -0.25) is 4.79 Å². The van der Waals surface area contributed by atoms with Crippen molar-refractivity contribution in [2.24, 2.45) is 4.99 Å². The first-order chi connectivity index (χ1) is 9.67. The first-order valence-electron chi connectivity index (χ1n) is 6.05. The standard InChI is InChI=1S/C13H11F3N2OS2/c1-7(9-4-3-8(6-17)20-9)5-10-18-11(19)12(2,21-10)13(14,15)16/h3-4,7H,5H2,1-2H3/t7-,12?/m1/s1. The zero-order chi connectivity index (χ0) is 15.8. The van der Waals surface area contributed by atoms with Crippen molar-refractivity contribution in [1.29, 1.82) is 5.26 Å². The molecule has 0 radical (unpaired) electrons. The minimum atomic E-state index is -4.62. The Morgan fingerprint density at radius 3 is 2.62 bits per heavy atom. The van der Waals surface area contributed by atoms with Gasteiger partial charge in [0, 0.05) is 11.3 Å². The normalized spacial score (nSPS) is 23.8. The zero-order valence-corrected chi connectivity index (χ0v) is 12.8. The lowest BCUT2D eigenvalue weighted by Crippen LogP contribution is -2.43. The van der Waals surface area contributed by atoms with Crippen LogP contribution in [-0.4, -0.2) is 21.9 Å². The third-order valence-electron chi connectivity index (χ3n) is 3.20. The fourth-order valence-electron chi connectivity index (χ4n) is 1.83. The lowest BCUT2D eigenvalue weighted by molar-refractivity contribution is -0.165. The summed E-state index contributed by atoms with van der Waals surface area (Å²) >= 11 is 1.78. The number of aliphatic imine (C=N–C) groups is 1. The highest BCUT2D eigenvalue weighted by molar-refractivity contribution is 8.16. The van der Waals surface area contributed by atoms with Crippen molar-refractivity contribution in [3.8, 4) is 6.07 Å². The minimum Gasteiger partial charge on any atom is -0.271 e. The number of rotatable bonds is 3. The summed E-state index contributed by atoms with van der Waals surface area (Å²) in [5, 5.41) is 8.97. The predicted molar refractivity (Wildman–Crippen MR) is 76.6 cm³/mol. The van der Waals surface area contributed by atoms with Gasteiger partial charge >= 0.3 is 6.18 Å². The number of halogens is 3. The maximum Gasteiger partial charge on any atom is 0.412 e. The molecular formula is C13H11F3N2OS2. The van der Waals surface area contributed by atoms with Crippen molar-refractivity contribution < 1.29 is 18.0 Å². The lowest BCUT2D eigenvalue weighted by Gasteiger charge is -2.23. The van der Waals surface area contributed by atoms with Crippen LogP contribution in [0.25, 0.3) is 0 Å². The topological polar surface area (TPSA) is 53.2 Å². The van der Waals surface area contributed by atoms with Gasteiger partial charge in [-0.2, -0.15) is 18.4 Å². The first kappa shape index (κ1) is 16.0. The Kier molecular flexibility index (Phi) is 4.17. The summed E-state index contributed by atoms with van der Waals surface area (Å²) in [7, 11) is 0. The van der Waals surface area contributed by atoms with Gasteiger partial charge in [0.15, 0.2) is 4.75 Å². The Bertz CT molecular complexity index is 645. The number of nitrogens with zero attached hydrogens (tertiary/aromatic N) is 2. The maximum atomic E-state index is 12.9. The van der Waals surface area contributed by atoms with Gasteiger partial charge in [0.2, 0.25) is 0 Å². The van der Waals surface area contributed by atoms with Crippen molar-refractivity contribution in [2.75, 3.05) is 0 Å². The van der Waals surface area contributed by atoms with Gasteiger partial charge in [-0.15, -0.1) is 11.3 Å². The Morgan fingerprint density at radius 2 is 2.14 bits per heavy atom. The van der Waals surface area contributed by atoms with Crippen LogP contribution in [-0.2, 0) is 4.79 Å². The minimum absolute atomic E-state index is 0.0910. The van der Waals surface area contributed by atoms with Crippen LogP contribution >= 0.6 is 23.1 Å². The molecule has 0 spiro atoms. The third-order valence-corrected chi connectivity index (χ3v) is 5.73. The van der Waals surface area contributed by atoms with Crippen molar-refractivity contribution >= 4 is 34.0 Å². The molecule has 0 aliphatic carbocycles. The van der Waals surface area contributed by atoms with Crippen LogP contribution in [0.2, 0.25) is 0 Å². The number of hydrogen-bond acceptors (Lipinski definition) is 4. The van der Waals surface area contributed by atoms with Crippen molar-refractivity contribution in [3.05, 3.63) is 21.9 Å². The van der Waals surface area contributed by atoms with E-state index >= 15 is 0 Å². The largest absolute Gasteiger partial charge is 0.412 e. The molecule has 1 unspecified atom stereocenters. The second-order valence-electron chi connectivity index (χ2n) is 4.86. The summed E-state index contributed by atoms with van der Waals surface area (Å²) in [5.41, 5.74) is 0. The monoisotopic (exact) mass is 332 g/mol. The predicted octanol–water partition coefficient (Wildman–Crippen LogP) is 4.11. The molecule has 1 amide bonds. The Morgan fingerprint density at radius 1 is 1.48 bits per heavy atom. The van der Waals surface area contributed by atoms with E-state index in [2.05, 4.69) is 4.99 Å². The average Bonchev–Trinajstić information content (AvgIpc) is 2.95. The highest BCUT2D eigenvalue weighted by Gasteiger charge is 2.60. The second kappa shape index (κ2) is 5.46. The van der Waals surface area contributed by atoms with E-state index in [4.69, 9.17) is 5.26 Å². The van der Waals surface area contributed by atoms with Crippen LogP contribution in [0.15, 0.2) is 17.1 Å². The Labute approximate surface area is 127 Å². The van der Waals surface area contributed by atoms with Crippen molar-refractivity contribution in [2.45, 2.75) is 37.1 Å². The van der Waals surface area contributed by atoms with E-state index in [0.29, 0.717) is 16.6 Å². The summed E-state index contributed by atoms with van der Waals surface area (Å²) in [6, 6.07) is 5.46. The van der Waals surface area contributed by atoms with Gasteiger partial charge in [-0.1, -0.05) is 18.7 Å². The van der Waals surface area contributed by atoms with Gasteiger partial charge in [-0.25, -0.2) is 4.99 Å². The van der Waals surface area contributed by atoms with Crippen LogP contribution in [0.4, 0.5) is 13.2 Å². The van der Waals surface area contributed by atoms with E-state index in [1.54, 1.807) is 12.1 Å². The molecule has 1 aromatic heterocycles. The molecule has 21 heavy (non-hydrogen) atoms.